The maximum absolute atomic E-state index is 4.51. The molecule has 3 aromatic rings. The average molecular weight is 276 g/mol. The van der Waals surface area contributed by atoms with Crippen molar-refractivity contribution >= 4 is 10.8 Å². The van der Waals surface area contributed by atoms with Gasteiger partial charge in [-0.3, -0.25) is 4.98 Å². The van der Waals surface area contributed by atoms with Gasteiger partial charge in [-0.2, -0.15) is 0 Å². The van der Waals surface area contributed by atoms with Crippen LogP contribution in [0.4, 0.5) is 0 Å². The van der Waals surface area contributed by atoms with Gasteiger partial charge in [-0.1, -0.05) is 42.5 Å². The van der Waals surface area contributed by atoms with Crippen molar-refractivity contribution in [2.75, 3.05) is 7.05 Å². The van der Waals surface area contributed by atoms with Crippen molar-refractivity contribution < 1.29 is 0 Å². The Morgan fingerprint density at radius 3 is 2.52 bits per heavy atom. The summed E-state index contributed by atoms with van der Waals surface area (Å²) in [6.07, 6.45) is 2.83. The van der Waals surface area contributed by atoms with Crippen LogP contribution in [0.25, 0.3) is 10.8 Å². The molecule has 0 aliphatic rings. The number of aromatic nitrogens is 1. The number of aryl methyl sites for hydroxylation is 1. The van der Waals surface area contributed by atoms with Crippen LogP contribution in [0, 0.1) is 6.92 Å². The van der Waals surface area contributed by atoms with E-state index < -0.39 is 0 Å². The van der Waals surface area contributed by atoms with Crippen molar-refractivity contribution in [3.63, 3.8) is 0 Å². The van der Waals surface area contributed by atoms with Gasteiger partial charge in [0.2, 0.25) is 0 Å². The van der Waals surface area contributed by atoms with E-state index >= 15 is 0 Å². The van der Waals surface area contributed by atoms with Gasteiger partial charge in [-0.25, -0.2) is 0 Å². The number of fused-ring (bicyclic) bond motifs is 1. The lowest BCUT2D eigenvalue weighted by molar-refractivity contribution is 0.585. The second kappa shape index (κ2) is 6.06. The Bertz CT molecular complexity index is 732. The molecule has 1 unspecified atom stereocenters. The SMILES string of the molecule is CNC(Cc1ccc(C)cn1)c1ccc2ccccc2c1. The van der Waals surface area contributed by atoms with E-state index in [9.17, 15) is 0 Å². The zero-order chi connectivity index (χ0) is 14.7. The summed E-state index contributed by atoms with van der Waals surface area (Å²) in [5.41, 5.74) is 3.62. The van der Waals surface area contributed by atoms with Gasteiger partial charge >= 0.3 is 0 Å². The van der Waals surface area contributed by atoms with Gasteiger partial charge in [0.1, 0.15) is 0 Å². The molecule has 2 heteroatoms. The summed E-state index contributed by atoms with van der Waals surface area (Å²) >= 11 is 0. The summed E-state index contributed by atoms with van der Waals surface area (Å²) in [7, 11) is 2.01. The van der Waals surface area contributed by atoms with Crippen LogP contribution in [-0.2, 0) is 6.42 Å². The highest BCUT2D eigenvalue weighted by Gasteiger charge is 2.11. The van der Waals surface area contributed by atoms with Crippen molar-refractivity contribution in [1.29, 1.82) is 0 Å². The first kappa shape index (κ1) is 13.8. The third-order valence-corrected chi connectivity index (χ3v) is 3.91. The fraction of sp³-hybridized carbons (Fsp3) is 0.211. The highest BCUT2D eigenvalue weighted by Crippen LogP contribution is 2.22. The fourth-order valence-corrected chi connectivity index (χ4v) is 2.64. The number of benzene rings is 2. The Labute approximate surface area is 125 Å². The molecule has 0 saturated carbocycles. The minimum atomic E-state index is 0.282. The molecular weight excluding hydrogens is 256 g/mol. The number of nitrogens with one attached hydrogen (secondary N) is 1. The number of hydrogen-bond acceptors (Lipinski definition) is 2. The van der Waals surface area contributed by atoms with Crippen molar-refractivity contribution in [3.05, 3.63) is 77.6 Å². The quantitative estimate of drug-likeness (QED) is 0.777. The van der Waals surface area contributed by atoms with Crippen LogP contribution in [-0.4, -0.2) is 12.0 Å². The molecule has 0 bridgehead atoms. The van der Waals surface area contributed by atoms with E-state index in [1.54, 1.807) is 0 Å². The maximum atomic E-state index is 4.51. The molecule has 0 fully saturated rings. The zero-order valence-electron chi connectivity index (χ0n) is 12.5. The third kappa shape index (κ3) is 3.11. The van der Waals surface area contributed by atoms with Gasteiger partial charge in [-0.05, 0) is 48.0 Å². The molecule has 3 rings (SSSR count). The predicted octanol–water partition coefficient (Wildman–Crippen LogP) is 4.05. The topological polar surface area (TPSA) is 24.9 Å². The van der Waals surface area contributed by atoms with Crippen molar-refractivity contribution in [2.45, 2.75) is 19.4 Å². The molecule has 2 aromatic carbocycles. The summed E-state index contributed by atoms with van der Waals surface area (Å²) < 4.78 is 0. The molecule has 0 spiro atoms. The van der Waals surface area contributed by atoms with Crippen LogP contribution in [0.3, 0.4) is 0 Å². The van der Waals surface area contributed by atoms with E-state index in [-0.39, 0.29) is 6.04 Å². The molecule has 0 aliphatic carbocycles. The van der Waals surface area contributed by atoms with Crippen LogP contribution in [0.5, 0.6) is 0 Å². The van der Waals surface area contributed by atoms with Gasteiger partial charge in [0.15, 0.2) is 0 Å². The monoisotopic (exact) mass is 276 g/mol. The van der Waals surface area contributed by atoms with Crippen molar-refractivity contribution in [2.24, 2.45) is 0 Å². The Morgan fingerprint density at radius 1 is 1.00 bits per heavy atom. The lowest BCUT2D eigenvalue weighted by Gasteiger charge is -2.17. The fourth-order valence-electron chi connectivity index (χ4n) is 2.64. The number of rotatable bonds is 4. The van der Waals surface area contributed by atoms with Crippen LogP contribution >= 0.6 is 0 Å². The molecule has 1 aromatic heterocycles. The molecular formula is C19H20N2. The summed E-state index contributed by atoms with van der Waals surface area (Å²) in [6, 6.07) is 19.7. The predicted molar refractivity (Wildman–Crippen MR) is 88.4 cm³/mol. The van der Waals surface area contributed by atoms with E-state index in [1.807, 2.05) is 13.2 Å². The standard InChI is InChI=1S/C19H20N2/c1-14-7-10-18(21-13-14)12-19(20-2)17-9-8-15-5-3-4-6-16(15)11-17/h3-11,13,19-20H,12H2,1-2H3. The Kier molecular flexibility index (Phi) is 3.98. The highest BCUT2D eigenvalue weighted by molar-refractivity contribution is 5.83. The van der Waals surface area contributed by atoms with Crippen LogP contribution in [0.1, 0.15) is 22.9 Å². The molecule has 0 amide bonds. The number of likely N-dealkylation sites (N-methyl/N-ethyl adjacent to an activating group) is 1. The normalized spacial score (nSPS) is 12.5. The maximum Gasteiger partial charge on any atom is 0.0422 e. The molecule has 1 heterocycles. The van der Waals surface area contributed by atoms with Crippen molar-refractivity contribution in [1.82, 2.24) is 10.3 Å². The molecule has 21 heavy (non-hydrogen) atoms. The van der Waals surface area contributed by atoms with E-state index in [1.165, 1.54) is 21.9 Å². The van der Waals surface area contributed by atoms with E-state index in [4.69, 9.17) is 0 Å². The first-order valence-corrected chi connectivity index (χ1v) is 7.34. The minimum Gasteiger partial charge on any atom is -0.313 e. The first-order valence-electron chi connectivity index (χ1n) is 7.34. The largest absolute Gasteiger partial charge is 0.313 e. The van der Waals surface area contributed by atoms with Gasteiger partial charge < -0.3 is 5.32 Å². The number of hydrogen-bond donors (Lipinski definition) is 1. The molecule has 0 aliphatic heterocycles. The van der Waals surface area contributed by atoms with E-state index in [0.717, 1.165) is 12.1 Å². The van der Waals surface area contributed by atoms with E-state index in [2.05, 4.69) is 71.8 Å². The molecule has 1 N–H and O–H groups in total. The smallest absolute Gasteiger partial charge is 0.0422 e. The Hall–Kier alpha value is -2.19. The van der Waals surface area contributed by atoms with E-state index in [0.29, 0.717) is 0 Å². The lowest BCUT2D eigenvalue weighted by Crippen LogP contribution is -2.19. The summed E-state index contributed by atoms with van der Waals surface area (Å²) in [4.78, 5) is 4.51. The van der Waals surface area contributed by atoms with Gasteiger partial charge in [0, 0.05) is 24.4 Å². The Morgan fingerprint density at radius 2 is 1.81 bits per heavy atom. The minimum absolute atomic E-state index is 0.282. The van der Waals surface area contributed by atoms with Crippen LogP contribution in [0.15, 0.2) is 60.8 Å². The zero-order valence-corrected chi connectivity index (χ0v) is 12.5. The molecule has 0 radical (unpaired) electrons. The second-order valence-corrected chi connectivity index (χ2v) is 5.48. The lowest BCUT2D eigenvalue weighted by atomic mass is 9.98. The van der Waals surface area contributed by atoms with Gasteiger partial charge in [-0.15, -0.1) is 0 Å². The molecule has 106 valence electrons. The van der Waals surface area contributed by atoms with Crippen molar-refractivity contribution in [3.8, 4) is 0 Å². The van der Waals surface area contributed by atoms with Gasteiger partial charge in [0.25, 0.3) is 0 Å². The number of pyridine rings is 1. The third-order valence-electron chi connectivity index (χ3n) is 3.91. The summed E-state index contributed by atoms with van der Waals surface area (Å²) in [6.45, 7) is 2.07. The van der Waals surface area contributed by atoms with Gasteiger partial charge in [0.05, 0.1) is 0 Å². The second-order valence-electron chi connectivity index (χ2n) is 5.48. The van der Waals surface area contributed by atoms with Crippen LogP contribution < -0.4 is 5.32 Å². The molecule has 0 saturated heterocycles. The highest BCUT2D eigenvalue weighted by atomic mass is 14.9. The molecule has 2 nitrogen and oxygen atoms in total. The first-order chi connectivity index (χ1) is 10.3. The summed E-state index contributed by atoms with van der Waals surface area (Å²) in [5.74, 6) is 0. The number of nitrogens with zero attached hydrogens (tertiary/aromatic N) is 1. The average Bonchev–Trinajstić information content (AvgIpc) is 2.54. The van der Waals surface area contributed by atoms with Crippen LogP contribution in [0.2, 0.25) is 0 Å². The summed E-state index contributed by atoms with van der Waals surface area (Å²) in [5, 5.41) is 5.97. The Balaban J connectivity index is 1.88. The molecule has 1 atom stereocenters.